The Kier molecular flexibility index (Phi) is 8.32. The van der Waals surface area contributed by atoms with Crippen molar-refractivity contribution in [2.45, 2.75) is 53.0 Å². The first-order valence-corrected chi connectivity index (χ1v) is 11.8. The summed E-state index contributed by atoms with van der Waals surface area (Å²) in [5, 5.41) is 3.25. The van der Waals surface area contributed by atoms with Gasteiger partial charge < -0.3 is 10.1 Å². The highest BCUT2D eigenvalue weighted by molar-refractivity contribution is 5.94. The van der Waals surface area contributed by atoms with E-state index < -0.39 is 0 Å². The Labute approximate surface area is 193 Å². The van der Waals surface area contributed by atoms with Gasteiger partial charge in [-0.1, -0.05) is 63.6 Å². The molecule has 2 aromatic rings. The molecule has 174 valence electrons. The van der Waals surface area contributed by atoms with Gasteiger partial charge in [0.15, 0.2) is 0 Å². The molecule has 0 bridgehead atoms. The summed E-state index contributed by atoms with van der Waals surface area (Å²) in [4.78, 5) is 17.6. The van der Waals surface area contributed by atoms with Crippen LogP contribution in [0.25, 0.3) is 0 Å². The maximum atomic E-state index is 12.9. The Morgan fingerprint density at radius 1 is 0.969 bits per heavy atom. The average Bonchev–Trinajstić information content (AvgIpc) is 2.75. The molecule has 0 spiro atoms. The minimum absolute atomic E-state index is 0.0776. The van der Waals surface area contributed by atoms with Crippen LogP contribution in [0, 0.1) is 6.92 Å². The summed E-state index contributed by atoms with van der Waals surface area (Å²) in [7, 11) is 1.73. The van der Waals surface area contributed by atoms with E-state index in [2.05, 4.69) is 80.1 Å². The first-order chi connectivity index (χ1) is 15.3. The predicted octanol–water partition coefficient (Wildman–Crippen LogP) is 5.01. The number of rotatable bonds is 8. The summed E-state index contributed by atoms with van der Waals surface area (Å²) in [5.41, 5.74) is 5.90. The number of ether oxygens (including phenoxy) is 1. The monoisotopic (exact) mass is 437 g/mol. The van der Waals surface area contributed by atoms with Crippen molar-refractivity contribution >= 4 is 11.6 Å². The van der Waals surface area contributed by atoms with Crippen LogP contribution in [0.4, 0.5) is 5.69 Å². The molecule has 1 heterocycles. The summed E-state index contributed by atoms with van der Waals surface area (Å²) in [6, 6.07) is 12.7. The standard InChI is InChI=1S/C27H39N3O2/c1-19(2)23-8-7-9-24(20(3)4)27(23)28-26(31)18-30-14-12-29(13-15-30)17-22-16-21(5)10-11-25(22)32-6/h7-11,16,19-20H,12-15,17-18H2,1-6H3,(H,28,31). The van der Waals surface area contributed by atoms with Gasteiger partial charge in [0, 0.05) is 44.0 Å². The van der Waals surface area contributed by atoms with Crippen LogP contribution < -0.4 is 10.1 Å². The van der Waals surface area contributed by atoms with Crippen LogP contribution in [0.1, 0.15) is 61.8 Å². The van der Waals surface area contributed by atoms with Gasteiger partial charge in [-0.2, -0.15) is 0 Å². The summed E-state index contributed by atoms with van der Waals surface area (Å²) in [6.07, 6.45) is 0. The van der Waals surface area contributed by atoms with Gasteiger partial charge in [-0.25, -0.2) is 0 Å². The van der Waals surface area contributed by atoms with E-state index in [4.69, 9.17) is 4.74 Å². The maximum absolute atomic E-state index is 12.9. The Hall–Kier alpha value is -2.37. The lowest BCUT2D eigenvalue weighted by Crippen LogP contribution is -2.48. The smallest absolute Gasteiger partial charge is 0.238 e. The van der Waals surface area contributed by atoms with E-state index >= 15 is 0 Å². The lowest BCUT2D eigenvalue weighted by Gasteiger charge is -2.34. The number of para-hydroxylation sites is 1. The highest BCUT2D eigenvalue weighted by Gasteiger charge is 2.22. The van der Waals surface area contributed by atoms with Crippen molar-refractivity contribution in [2.75, 3.05) is 45.2 Å². The van der Waals surface area contributed by atoms with E-state index in [-0.39, 0.29) is 5.91 Å². The number of anilines is 1. The van der Waals surface area contributed by atoms with E-state index in [0.29, 0.717) is 18.4 Å². The van der Waals surface area contributed by atoms with Crippen LogP contribution in [-0.4, -0.2) is 55.5 Å². The number of aryl methyl sites for hydroxylation is 1. The number of benzene rings is 2. The summed E-state index contributed by atoms with van der Waals surface area (Å²) < 4.78 is 5.53. The fourth-order valence-corrected chi connectivity index (χ4v) is 4.45. The molecule has 1 amide bonds. The van der Waals surface area contributed by atoms with Crippen molar-refractivity contribution in [3.63, 3.8) is 0 Å². The maximum Gasteiger partial charge on any atom is 0.238 e. The van der Waals surface area contributed by atoms with Gasteiger partial charge in [-0.3, -0.25) is 14.6 Å². The Bertz CT molecular complexity index is 889. The van der Waals surface area contributed by atoms with Gasteiger partial charge >= 0.3 is 0 Å². The lowest BCUT2D eigenvalue weighted by molar-refractivity contribution is -0.117. The largest absolute Gasteiger partial charge is 0.496 e. The van der Waals surface area contributed by atoms with Gasteiger partial charge in [0.1, 0.15) is 5.75 Å². The number of carbonyl (C=O) groups is 1. The number of nitrogens with one attached hydrogen (secondary N) is 1. The fraction of sp³-hybridized carbons (Fsp3) is 0.519. The Morgan fingerprint density at radius 2 is 1.56 bits per heavy atom. The third-order valence-corrected chi connectivity index (χ3v) is 6.30. The molecule has 5 heteroatoms. The molecule has 5 nitrogen and oxygen atoms in total. The molecular weight excluding hydrogens is 398 g/mol. The number of amides is 1. The molecule has 1 aliphatic heterocycles. The van der Waals surface area contributed by atoms with Crippen LogP contribution in [0.5, 0.6) is 5.75 Å². The van der Waals surface area contributed by atoms with Crippen molar-refractivity contribution in [3.8, 4) is 5.75 Å². The summed E-state index contributed by atoms with van der Waals surface area (Å²) in [6.45, 7) is 15.8. The molecule has 2 aromatic carbocycles. The number of piperazine rings is 1. The first-order valence-electron chi connectivity index (χ1n) is 11.8. The molecule has 0 unspecified atom stereocenters. The average molecular weight is 438 g/mol. The molecule has 1 saturated heterocycles. The molecular formula is C27H39N3O2. The molecule has 1 fully saturated rings. The quantitative estimate of drug-likeness (QED) is 0.631. The van der Waals surface area contributed by atoms with Gasteiger partial charge in [0.25, 0.3) is 0 Å². The third-order valence-electron chi connectivity index (χ3n) is 6.30. The van der Waals surface area contributed by atoms with Crippen molar-refractivity contribution in [3.05, 3.63) is 58.7 Å². The van der Waals surface area contributed by atoms with E-state index in [1.165, 1.54) is 22.3 Å². The van der Waals surface area contributed by atoms with E-state index in [9.17, 15) is 4.79 Å². The van der Waals surface area contributed by atoms with Gasteiger partial charge in [0.05, 0.1) is 13.7 Å². The van der Waals surface area contributed by atoms with Crippen LogP contribution >= 0.6 is 0 Å². The number of hydrogen-bond donors (Lipinski definition) is 1. The molecule has 0 atom stereocenters. The fourth-order valence-electron chi connectivity index (χ4n) is 4.45. The molecule has 0 aliphatic carbocycles. The molecule has 1 N–H and O–H groups in total. The SMILES string of the molecule is COc1ccc(C)cc1CN1CCN(CC(=O)Nc2c(C(C)C)cccc2C(C)C)CC1. The van der Waals surface area contributed by atoms with Crippen LogP contribution in [0.15, 0.2) is 36.4 Å². The van der Waals surface area contributed by atoms with Crippen LogP contribution in [-0.2, 0) is 11.3 Å². The number of nitrogens with zero attached hydrogens (tertiary/aromatic N) is 2. The summed E-state index contributed by atoms with van der Waals surface area (Å²) >= 11 is 0. The second-order valence-corrected chi connectivity index (χ2v) is 9.54. The number of methoxy groups -OCH3 is 1. The molecule has 3 rings (SSSR count). The van der Waals surface area contributed by atoms with Crippen molar-refractivity contribution in [2.24, 2.45) is 0 Å². The van der Waals surface area contributed by atoms with Crippen LogP contribution in [0.2, 0.25) is 0 Å². The highest BCUT2D eigenvalue weighted by atomic mass is 16.5. The third kappa shape index (κ3) is 6.11. The number of hydrogen-bond acceptors (Lipinski definition) is 4. The highest BCUT2D eigenvalue weighted by Crippen LogP contribution is 2.32. The molecule has 0 radical (unpaired) electrons. The van der Waals surface area contributed by atoms with Gasteiger partial charge in [-0.15, -0.1) is 0 Å². The van der Waals surface area contributed by atoms with E-state index in [1.807, 2.05) is 6.07 Å². The predicted molar refractivity (Wildman–Crippen MR) is 133 cm³/mol. The Morgan fingerprint density at radius 3 is 2.12 bits per heavy atom. The summed E-state index contributed by atoms with van der Waals surface area (Å²) in [5.74, 6) is 1.76. The van der Waals surface area contributed by atoms with Gasteiger partial charge in [-0.05, 0) is 36.0 Å². The zero-order valence-corrected chi connectivity index (χ0v) is 20.6. The normalized spacial score (nSPS) is 15.4. The first kappa shape index (κ1) is 24.3. The van der Waals surface area contributed by atoms with Crippen molar-refractivity contribution in [1.29, 1.82) is 0 Å². The second-order valence-electron chi connectivity index (χ2n) is 9.54. The minimum atomic E-state index is 0.0776. The molecule has 0 saturated carbocycles. The molecule has 32 heavy (non-hydrogen) atoms. The van der Waals surface area contributed by atoms with Crippen LogP contribution in [0.3, 0.4) is 0 Å². The van der Waals surface area contributed by atoms with Crippen molar-refractivity contribution < 1.29 is 9.53 Å². The van der Waals surface area contributed by atoms with E-state index in [0.717, 1.165) is 44.2 Å². The molecule has 1 aliphatic rings. The number of carbonyl (C=O) groups excluding carboxylic acids is 1. The zero-order chi connectivity index (χ0) is 23.3. The second kappa shape index (κ2) is 11.0. The minimum Gasteiger partial charge on any atom is -0.496 e. The topological polar surface area (TPSA) is 44.8 Å². The Balaban J connectivity index is 1.57. The van der Waals surface area contributed by atoms with Crippen molar-refractivity contribution in [1.82, 2.24) is 9.80 Å². The van der Waals surface area contributed by atoms with E-state index in [1.54, 1.807) is 7.11 Å². The van der Waals surface area contributed by atoms with Gasteiger partial charge in [0.2, 0.25) is 5.91 Å². The zero-order valence-electron chi connectivity index (χ0n) is 20.6. The lowest BCUT2D eigenvalue weighted by atomic mass is 9.92. The molecule has 0 aromatic heterocycles.